The van der Waals surface area contributed by atoms with Gasteiger partial charge in [0, 0.05) is 25.8 Å². The Morgan fingerprint density at radius 3 is 2.69 bits per heavy atom. The highest BCUT2D eigenvalue weighted by molar-refractivity contribution is 9.10. The van der Waals surface area contributed by atoms with E-state index in [0.717, 1.165) is 0 Å². The van der Waals surface area contributed by atoms with Gasteiger partial charge in [-0.25, -0.2) is 8.78 Å². The van der Waals surface area contributed by atoms with E-state index in [4.69, 9.17) is 4.74 Å². The average Bonchev–Trinajstić information content (AvgIpc) is 2.27. The second kappa shape index (κ2) is 6.27. The summed E-state index contributed by atoms with van der Waals surface area (Å²) >= 11 is 3.04. The highest BCUT2D eigenvalue weighted by Gasteiger charge is 2.13. The van der Waals surface area contributed by atoms with Crippen molar-refractivity contribution in [1.82, 2.24) is 4.90 Å². The third-order valence-corrected chi connectivity index (χ3v) is 2.86. The summed E-state index contributed by atoms with van der Waals surface area (Å²) in [5, 5.41) is 0. The van der Waals surface area contributed by atoms with Gasteiger partial charge in [-0.1, -0.05) is 0 Å². The van der Waals surface area contributed by atoms with E-state index < -0.39 is 11.6 Å². The molecule has 0 unspecified atom stereocenters. The minimum atomic E-state index is -0.538. The molecular formula is C11H14BrF2NO. The smallest absolute Gasteiger partial charge is 0.144 e. The van der Waals surface area contributed by atoms with Gasteiger partial charge in [0.15, 0.2) is 0 Å². The van der Waals surface area contributed by atoms with E-state index in [9.17, 15) is 8.78 Å². The lowest BCUT2D eigenvalue weighted by molar-refractivity contribution is 0.157. The van der Waals surface area contributed by atoms with Crippen LogP contribution in [0.15, 0.2) is 16.6 Å². The molecule has 0 atom stereocenters. The predicted octanol–water partition coefficient (Wildman–Crippen LogP) is 2.81. The second-order valence-electron chi connectivity index (χ2n) is 3.55. The van der Waals surface area contributed by atoms with Crippen molar-refractivity contribution >= 4 is 15.9 Å². The minimum absolute atomic E-state index is 0.0768. The Labute approximate surface area is 102 Å². The first kappa shape index (κ1) is 13.5. The van der Waals surface area contributed by atoms with Gasteiger partial charge in [-0.3, -0.25) is 4.90 Å². The van der Waals surface area contributed by atoms with E-state index in [1.54, 1.807) is 19.1 Å². The molecule has 0 bridgehead atoms. The lowest BCUT2D eigenvalue weighted by atomic mass is 10.2. The van der Waals surface area contributed by atoms with Crippen molar-refractivity contribution in [3.05, 3.63) is 33.8 Å². The number of benzene rings is 1. The van der Waals surface area contributed by atoms with Gasteiger partial charge in [0.05, 0.1) is 11.1 Å². The molecule has 0 aromatic heterocycles. The molecule has 0 spiro atoms. The normalized spacial score (nSPS) is 11.1. The van der Waals surface area contributed by atoms with Crippen molar-refractivity contribution in [3.63, 3.8) is 0 Å². The molecule has 0 saturated carbocycles. The maximum absolute atomic E-state index is 13.6. The van der Waals surface area contributed by atoms with Crippen molar-refractivity contribution in [2.75, 3.05) is 27.3 Å². The highest BCUT2D eigenvalue weighted by Crippen LogP contribution is 2.22. The Bertz CT molecular complexity index is 360. The zero-order valence-corrected chi connectivity index (χ0v) is 10.9. The van der Waals surface area contributed by atoms with Crippen molar-refractivity contribution in [3.8, 4) is 0 Å². The van der Waals surface area contributed by atoms with Crippen LogP contribution in [0.3, 0.4) is 0 Å². The fourth-order valence-electron chi connectivity index (χ4n) is 1.31. The van der Waals surface area contributed by atoms with Gasteiger partial charge >= 0.3 is 0 Å². The Morgan fingerprint density at radius 2 is 2.06 bits per heavy atom. The molecule has 1 rings (SSSR count). The minimum Gasteiger partial charge on any atom is -0.383 e. The van der Waals surface area contributed by atoms with Crippen LogP contribution in [0.25, 0.3) is 0 Å². The first-order valence-electron chi connectivity index (χ1n) is 4.86. The molecule has 16 heavy (non-hydrogen) atoms. The Balaban J connectivity index is 2.76. The highest BCUT2D eigenvalue weighted by atomic mass is 79.9. The monoisotopic (exact) mass is 293 g/mol. The summed E-state index contributed by atoms with van der Waals surface area (Å²) in [6.45, 7) is 1.39. The van der Waals surface area contributed by atoms with E-state index in [2.05, 4.69) is 15.9 Å². The largest absolute Gasteiger partial charge is 0.383 e. The van der Waals surface area contributed by atoms with Gasteiger partial charge < -0.3 is 4.74 Å². The number of nitrogens with zero attached hydrogens (tertiary/aromatic N) is 1. The first-order valence-corrected chi connectivity index (χ1v) is 5.65. The molecule has 1 aromatic carbocycles. The van der Waals surface area contributed by atoms with Crippen LogP contribution < -0.4 is 0 Å². The van der Waals surface area contributed by atoms with Crippen LogP contribution in [0.5, 0.6) is 0 Å². The predicted molar refractivity (Wildman–Crippen MR) is 62.3 cm³/mol. The number of methoxy groups -OCH3 is 1. The Morgan fingerprint density at radius 1 is 1.38 bits per heavy atom. The van der Waals surface area contributed by atoms with Gasteiger partial charge in [-0.2, -0.15) is 0 Å². The lowest BCUT2D eigenvalue weighted by Crippen LogP contribution is -2.23. The molecule has 0 fully saturated rings. The lowest BCUT2D eigenvalue weighted by Gasteiger charge is -2.17. The summed E-state index contributed by atoms with van der Waals surface area (Å²) in [5.41, 5.74) is 0.0768. The van der Waals surface area contributed by atoms with Crippen molar-refractivity contribution in [2.24, 2.45) is 0 Å². The first-order chi connectivity index (χ1) is 7.56. The van der Waals surface area contributed by atoms with Crippen molar-refractivity contribution in [2.45, 2.75) is 6.54 Å². The number of hydrogen-bond acceptors (Lipinski definition) is 2. The summed E-state index contributed by atoms with van der Waals surface area (Å²) in [6.07, 6.45) is 0. The number of likely N-dealkylation sites (N-methyl/N-ethyl adjacent to an activating group) is 1. The van der Waals surface area contributed by atoms with E-state index >= 15 is 0 Å². The van der Waals surface area contributed by atoms with Gasteiger partial charge in [-0.05, 0) is 35.1 Å². The Hall–Kier alpha value is -0.520. The van der Waals surface area contributed by atoms with E-state index in [1.807, 2.05) is 0 Å². The van der Waals surface area contributed by atoms with E-state index in [0.29, 0.717) is 13.2 Å². The average molecular weight is 294 g/mol. The van der Waals surface area contributed by atoms with E-state index in [1.165, 1.54) is 12.1 Å². The molecule has 0 saturated heterocycles. The quantitative estimate of drug-likeness (QED) is 0.774. The summed E-state index contributed by atoms with van der Waals surface area (Å²) in [4.78, 5) is 1.80. The van der Waals surface area contributed by atoms with Crippen LogP contribution in [0, 0.1) is 11.6 Å². The van der Waals surface area contributed by atoms with Gasteiger partial charge in [0.1, 0.15) is 11.6 Å². The second-order valence-corrected chi connectivity index (χ2v) is 4.41. The molecule has 0 aliphatic carbocycles. The summed E-state index contributed by atoms with van der Waals surface area (Å²) in [7, 11) is 3.38. The Kier molecular flexibility index (Phi) is 5.31. The summed E-state index contributed by atoms with van der Waals surface area (Å²) in [5.74, 6) is -1.06. The molecule has 1 aromatic rings. The SMILES string of the molecule is COCCN(C)Cc1c(F)ccc(Br)c1F. The van der Waals surface area contributed by atoms with Crippen molar-refractivity contribution in [1.29, 1.82) is 0 Å². The van der Waals surface area contributed by atoms with Crippen LogP contribution in [0.1, 0.15) is 5.56 Å². The zero-order chi connectivity index (χ0) is 12.1. The fraction of sp³-hybridized carbons (Fsp3) is 0.455. The van der Waals surface area contributed by atoms with Gasteiger partial charge in [0.2, 0.25) is 0 Å². The number of rotatable bonds is 5. The molecule has 0 aliphatic rings. The molecule has 0 heterocycles. The topological polar surface area (TPSA) is 12.5 Å². The number of halogens is 3. The molecule has 5 heteroatoms. The van der Waals surface area contributed by atoms with Crippen LogP contribution in [-0.2, 0) is 11.3 Å². The number of ether oxygens (including phenoxy) is 1. The standard InChI is InChI=1S/C11H14BrF2NO/c1-15(5-6-16-2)7-8-10(13)4-3-9(12)11(8)14/h3-4H,5-7H2,1-2H3. The number of hydrogen-bond donors (Lipinski definition) is 0. The van der Waals surface area contributed by atoms with Crippen molar-refractivity contribution < 1.29 is 13.5 Å². The maximum atomic E-state index is 13.6. The third-order valence-electron chi connectivity index (χ3n) is 2.24. The van der Waals surface area contributed by atoms with Crippen LogP contribution in [0.4, 0.5) is 8.78 Å². The van der Waals surface area contributed by atoms with E-state index in [-0.39, 0.29) is 16.6 Å². The molecular weight excluding hydrogens is 280 g/mol. The molecule has 0 radical (unpaired) electrons. The molecule has 90 valence electrons. The molecule has 0 N–H and O–H groups in total. The third kappa shape index (κ3) is 3.50. The zero-order valence-electron chi connectivity index (χ0n) is 9.27. The molecule has 2 nitrogen and oxygen atoms in total. The molecule has 0 aliphatic heterocycles. The van der Waals surface area contributed by atoms with Gasteiger partial charge in [0.25, 0.3) is 0 Å². The van der Waals surface area contributed by atoms with Crippen LogP contribution in [-0.4, -0.2) is 32.2 Å². The summed E-state index contributed by atoms with van der Waals surface area (Å²) < 4.78 is 32.2. The summed E-state index contributed by atoms with van der Waals surface area (Å²) in [6, 6.07) is 2.62. The maximum Gasteiger partial charge on any atom is 0.144 e. The molecule has 0 amide bonds. The van der Waals surface area contributed by atoms with Gasteiger partial charge in [-0.15, -0.1) is 0 Å². The fourth-order valence-corrected chi connectivity index (χ4v) is 1.68. The van der Waals surface area contributed by atoms with Crippen LogP contribution >= 0.6 is 15.9 Å². The van der Waals surface area contributed by atoms with Crippen LogP contribution in [0.2, 0.25) is 0 Å².